The van der Waals surface area contributed by atoms with Gasteiger partial charge in [0.15, 0.2) is 0 Å². The van der Waals surface area contributed by atoms with E-state index in [4.69, 9.17) is 0 Å². The molecule has 1 aliphatic heterocycles. The third-order valence-corrected chi connectivity index (χ3v) is 7.90. The summed E-state index contributed by atoms with van der Waals surface area (Å²) >= 11 is 0. The van der Waals surface area contributed by atoms with E-state index in [0.717, 1.165) is 19.3 Å². The first-order valence-corrected chi connectivity index (χ1v) is 12.4. The van der Waals surface area contributed by atoms with Crippen molar-refractivity contribution < 1.29 is 17.6 Å². The van der Waals surface area contributed by atoms with Gasteiger partial charge in [-0.25, -0.2) is 17.8 Å². The number of carbonyl (C=O) groups is 1. The normalized spacial score (nSPS) is 15.8. The van der Waals surface area contributed by atoms with E-state index < -0.39 is 22.0 Å². The van der Waals surface area contributed by atoms with Gasteiger partial charge in [0.2, 0.25) is 10.0 Å². The lowest BCUT2D eigenvalue weighted by Crippen LogP contribution is -2.36. The number of hydrogen-bond acceptors (Lipinski definition) is 4. The number of benzene rings is 2. The van der Waals surface area contributed by atoms with Gasteiger partial charge in [-0.2, -0.15) is 4.31 Å². The predicted molar refractivity (Wildman–Crippen MR) is 123 cm³/mol. The number of halogens is 1. The van der Waals surface area contributed by atoms with E-state index in [1.807, 2.05) is 7.05 Å². The van der Waals surface area contributed by atoms with Gasteiger partial charge in [-0.1, -0.05) is 24.6 Å². The molecule has 1 aliphatic rings. The molecule has 0 radical (unpaired) electrons. The van der Waals surface area contributed by atoms with Crippen LogP contribution in [0.25, 0.3) is 0 Å². The molecule has 1 aromatic heterocycles. The third-order valence-electron chi connectivity index (χ3n) is 6.00. The lowest BCUT2D eigenvalue weighted by atomic mass is 10.0. The summed E-state index contributed by atoms with van der Waals surface area (Å²) in [6, 6.07) is 9.85. The topological polar surface area (TPSA) is 84.3 Å². The maximum atomic E-state index is 13.5. The minimum absolute atomic E-state index is 0.107. The number of amides is 1. The number of imidazole rings is 1. The first kappa shape index (κ1) is 23.1. The molecule has 1 atom stereocenters. The lowest BCUT2D eigenvalue weighted by molar-refractivity contribution is 0.0940. The second-order valence-corrected chi connectivity index (χ2v) is 10.2. The Morgan fingerprint density at radius 2 is 1.79 bits per heavy atom. The van der Waals surface area contributed by atoms with Crippen molar-refractivity contribution in [3.05, 3.63) is 83.2 Å². The van der Waals surface area contributed by atoms with E-state index in [-0.39, 0.29) is 16.3 Å². The van der Waals surface area contributed by atoms with Gasteiger partial charge in [-0.05, 0) is 55.2 Å². The fraction of sp³-hybridized carbons (Fsp3) is 0.333. The highest BCUT2D eigenvalue weighted by Gasteiger charge is 2.28. The fourth-order valence-corrected chi connectivity index (χ4v) is 5.62. The summed E-state index contributed by atoms with van der Waals surface area (Å²) < 4.78 is 43.0. The van der Waals surface area contributed by atoms with Crippen LogP contribution >= 0.6 is 0 Å². The molecular formula is C24H27FN4O3S. The number of aromatic nitrogens is 2. The van der Waals surface area contributed by atoms with Gasteiger partial charge in [-0.15, -0.1) is 0 Å². The third kappa shape index (κ3) is 4.84. The Kier molecular flexibility index (Phi) is 6.62. The van der Waals surface area contributed by atoms with Crippen LogP contribution in [0.3, 0.4) is 0 Å². The zero-order valence-corrected chi connectivity index (χ0v) is 19.5. The van der Waals surface area contributed by atoms with Gasteiger partial charge < -0.3 is 9.88 Å². The van der Waals surface area contributed by atoms with E-state index in [1.165, 1.54) is 22.5 Å². The summed E-state index contributed by atoms with van der Waals surface area (Å²) in [5.41, 5.74) is 1.59. The first-order valence-electron chi connectivity index (χ1n) is 10.9. The number of hydrogen-bond donors (Lipinski definition) is 1. The molecule has 9 heteroatoms. The molecule has 174 valence electrons. The van der Waals surface area contributed by atoms with Crippen LogP contribution in [0.2, 0.25) is 0 Å². The van der Waals surface area contributed by atoms with Crippen LogP contribution in [-0.4, -0.2) is 41.3 Å². The molecule has 4 rings (SSSR count). The first-order chi connectivity index (χ1) is 15.8. The molecule has 0 spiro atoms. The molecule has 2 heterocycles. The van der Waals surface area contributed by atoms with E-state index in [2.05, 4.69) is 10.3 Å². The van der Waals surface area contributed by atoms with E-state index in [0.29, 0.717) is 30.0 Å². The Labute approximate surface area is 193 Å². The predicted octanol–water partition coefficient (Wildman–Crippen LogP) is 3.56. The SMILES string of the molecule is Cc1ccc(S(=O)(=O)N2CCCCC2)cc1C(=O)N[C@H](c1ccc(F)cc1)c1nccn1C. The minimum Gasteiger partial charge on any atom is -0.338 e. The molecule has 2 aromatic carbocycles. The Bertz CT molecular complexity index is 1250. The van der Waals surface area contributed by atoms with Crippen LogP contribution in [0.15, 0.2) is 59.8 Å². The molecule has 3 aromatic rings. The van der Waals surface area contributed by atoms with Gasteiger partial charge in [-0.3, -0.25) is 4.79 Å². The number of rotatable bonds is 6. The second-order valence-electron chi connectivity index (χ2n) is 8.30. The number of piperidine rings is 1. The Morgan fingerprint density at radius 3 is 2.42 bits per heavy atom. The summed E-state index contributed by atoms with van der Waals surface area (Å²) in [6.07, 6.45) is 6.07. The fourth-order valence-electron chi connectivity index (χ4n) is 4.08. The molecule has 0 aliphatic carbocycles. The maximum absolute atomic E-state index is 13.5. The van der Waals surface area contributed by atoms with Crippen molar-refractivity contribution in [3.63, 3.8) is 0 Å². The largest absolute Gasteiger partial charge is 0.338 e. The molecule has 0 bridgehead atoms. The van der Waals surface area contributed by atoms with Crippen molar-refractivity contribution in [3.8, 4) is 0 Å². The monoisotopic (exact) mass is 470 g/mol. The zero-order chi connectivity index (χ0) is 23.6. The molecule has 0 unspecified atom stereocenters. The van der Waals surface area contributed by atoms with Gasteiger partial charge in [0.25, 0.3) is 5.91 Å². The van der Waals surface area contributed by atoms with Crippen molar-refractivity contribution in [1.82, 2.24) is 19.2 Å². The Hall–Kier alpha value is -3.04. The van der Waals surface area contributed by atoms with Gasteiger partial charge in [0.1, 0.15) is 17.7 Å². The number of nitrogens with zero attached hydrogens (tertiary/aromatic N) is 3. The maximum Gasteiger partial charge on any atom is 0.252 e. The van der Waals surface area contributed by atoms with Crippen molar-refractivity contribution in [1.29, 1.82) is 0 Å². The zero-order valence-electron chi connectivity index (χ0n) is 18.7. The number of sulfonamides is 1. The van der Waals surface area contributed by atoms with Crippen LogP contribution in [0.5, 0.6) is 0 Å². The quantitative estimate of drug-likeness (QED) is 0.597. The molecule has 1 saturated heterocycles. The highest BCUT2D eigenvalue weighted by molar-refractivity contribution is 7.89. The van der Waals surface area contributed by atoms with E-state index in [9.17, 15) is 17.6 Å². The average molecular weight is 471 g/mol. The van der Waals surface area contributed by atoms with Gasteiger partial charge >= 0.3 is 0 Å². The van der Waals surface area contributed by atoms with Crippen molar-refractivity contribution >= 4 is 15.9 Å². The van der Waals surface area contributed by atoms with Gasteiger partial charge in [0.05, 0.1) is 4.90 Å². The number of nitrogens with one attached hydrogen (secondary N) is 1. The Balaban J connectivity index is 1.67. The summed E-state index contributed by atoms with van der Waals surface area (Å²) in [6.45, 7) is 2.74. The lowest BCUT2D eigenvalue weighted by Gasteiger charge is -2.26. The molecular weight excluding hydrogens is 443 g/mol. The average Bonchev–Trinajstić information content (AvgIpc) is 3.24. The number of aryl methyl sites for hydroxylation is 2. The Morgan fingerprint density at radius 1 is 1.09 bits per heavy atom. The molecule has 33 heavy (non-hydrogen) atoms. The molecule has 1 fully saturated rings. The molecule has 7 nitrogen and oxygen atoms in total. The summed E-state index contributed by atoms with van der Waals surface area (Å²) in [4.78, 5) is 17.8. The summed E-state index contributed by atoms with van der Waals surface area (Å²) in [5, 5.41) is 2.96. The van der Waals surface area contributed by atoms with E-state index >= 15 is 0 Å². The van der Waals surface area contributed by atoms with Crippen molar-refractivity contribution in [2.75, 3.05) is 13.1 Å². The highest BCUT2D eigenvalue weighted by atomic mass is 32.2. The summed E-state index contributed by atoms with van der Waals surface area (Å²) in [5.74, 6) is -0.236. The van der Waals surface area contributed by atoms with Crippen molar-refractivity contribution in [2.45, 2.75) is 37.1 Å². The summed E-state index contributed by atoms with van der Waals surface area (Å²) in [7, 11) is -1.87. The molecule has 1 N–H and O–H groups in total. The van der Waals surface area contributed by atoms with Crippen LogP contribution in [0.1, 0.15) is 52.6 Å². The smallest absolute Gasteiger partial charge is 0.252 e. The van der Waals surface area contributed by atoms with E-state index in [1.54, 1.807) is 48.1 Å². The molecule has 1 amide bonds. The van der Waals surface area contributed by atoms with Crippen LogP contribution in [-0.2, 0) is 17.1 Å². The number of carbonyl (C=O) groups excluding carboxylic acids is 1. The minimum atomic E-state index is -3.67. The van der Waals surface area contributed by atoms with Crippen LogP contribution < -0.4 is 5.32 Å². The van der Waals surface area contributed by atoms with Gasteiger partial charge in [0, 0.05) is 38.1 Å². The highest BCUT2D eigenvalue weighted by Crippen LogP contribution is 2.25. The standard InChI is InChI=1S/C24H27FN4O3S/c1-17-6-11-20(33(31,32)29-13-4-3-5-14-29)16-21(17)24(30)27-22(23-26-12-15-28(23)2)18-7-9-19(25)10-8-18/h6-12,15-16,22H,3-5,13-14H2,1-2H3,(H,27,30)/t22-/m1/s1. The van der Waals surface area contributed by atoms with Crippen LogP contribution in [0.4, 0.5) is 4.39 Å². The van der Waals surface area contributed by atoms with Crippen LogP contribution in [0, 0.1) is 12.7 Å². The molecule has 0 saturated carbocycles. The second kappa shape index (κ2) is 9.44. The van der Waals surface area contributed by atoms with Crippen molar-refractivity contribution in [2.24, 2.45) is 7.05 Å².